The topological polar surface area (TPSA) is 71.1 Å². The van der Waals surface area contributed by atoms with Crippen molar-refractivity contribution >= 4 is 23.4 Å². The van der Waals surface area contributed by atoms with Crippen LogP contribution >= 0.6 is 11.8 Å². The minimum Gasteiger partial charge on any atom is -0.461 e. The van der Waals surface area contributed by atoms with Gasteiger partial charge in [0.25, 0.3) is 0 Å². The van der Waals surface area contributed by atoms with Gasteiger partial charge in [-0.15, -0.1) is 10.2 Å². The Bertz CT molecular complexity index is 948. The molecule has 1 aliphatic heterocycles. The van der Waals surface area contributed by atoms with Gasteiger partial charge in [0.2, 0.25) is 5.69 Å². The first-order valence-corrected chi connectivity index (χ1v) is 10.8. The Morgan fingerprint density at radius 1 is 1.00 bits per heavy atom. The van der Waals surface area contributed by atoms with E-state index in [4.69, 9.17) is 4.74 Å². The maximum atomic E-state index is 11.9. The van der Waals surface area contributed by atoms with E-state index in [1.54, 1.807) is 6.92 Å². The lowest BCUT2D eigenvalue weighted by Crippen LogP contribution is -2.29. The molecular formula is C22H24N4O2S. The zero-order chi connectivity index (χ0) is 20.1. The van der Waals surface area contributed by atoms with E-state index in [-0.39, 0.29) is 5.69 Å². The Balaban J connectivity index is 1.44. The molecule has 1 fully saturated rings. The highest BCUT2D eigenvalue weighted by Crippen LogP contribution is 2.31. The third-order valence-electron chi connectivity index (χ3n) is 4.98. The Morgan fingerprint density at radius 2 is 1.66 bits per heavy atom. The highest BCUT2D eigenvalue weighted by atomic mass is 32.2. The summed E-state index contributed by atoms with van der Waals surface area (Å²) in [4.78, 5) is 15.4. The van der Waals surface area contributed by atoms with E-state index in [9.17, 15) is 4.79 Å². The Hall–Kier alpha value is -2.80. The molecule has 3 aromatic rings. The van der Waals surface area contributed by atoms with Crippen molar-refractivity contribution in [2.24, 2.45) is 0 Å². The Labute approximate surface area is 174 Å². The second-order valence-electron chi connectivity index (χ2n) is 6.92. The summed E-state index contributed by atoms with van der Waals surface area (Å²) >= 11 is 1.39. The van der Waals surface area contributed by atoms with Crippen molar-refractivity contribution in [1.29, 1.82) is 0 Å². The molecule has 29 heavy (non-hydrogen) atoms. The third kappa shape index (κ3) is 4.62. The van der Waals surface area contributed by atoms with Crippen LogP contribution in [0.2, 0.25) is 0 Å². The van der Waals surface area contributed by atoms with Crippen molar-refractivity contribution in [2.75, 3.05) is 24.6 Å². The predicted octanol–water partition coefficient (Wildman–Crippen LogP) is 4.79. The number of piperidine rings is 1. The number of esters is 1. The van der Waals surface area contributed by atoms with Gasteiger partial charge in [-0.1, -0.05) is 36.0 Å². The summed E-state index contributed by atoms with van der Waals surface area (Å²) in [6.07, 6.45) is 3.91. The number of benzene rings is 2. The van der Waals surface area contributed by atoms with Crippen LogP contribution in [0.15, 0.2) is 58.5 Å². The molecule has 1 aliphatic rings. The van der Waals surface area contributed by atoms with Crippen molar-refractivity contribution in [2.45, 2.75) is 36.1 Å². The van der Waals surface area contributed by atoms with Crippen LogP contribution in [-0.4, -0.2) is 41.1 Å². The molecule has 6 nitrogen and oxygen atoms in total. The summed E-state index contributed by atoms with van der Waals surface area (Å²) in [5.74, 6) is -0.464. The largest absolute Gasteiger partial charge is 0.461 e. The van der Waals surface area contributed by atoms with E-state index in [2.05, 4.69) is 56.7 Å². The predicted molar refractivity (Wildman–Crippen MR) is 114 cm³/mol. The quantitative estimate of drug-likeness (QED) is 0.591. The molecular weight excluding hydrogens is 384 g/mol. The third-order valence-corrected chi connectivity index (χ3v) is 5.96. The highest BCUT2D eigenvalue weighted by molar-refractivity contribution is 7.99. The van der Waals surface area contributed by atoms with Gasteiger partial charge < -0.3 is 9.64 Å². The average Bonchev–Trinajstić information content (AvgIpc) is 3.23. The molecule has 4 rings (SSSR count). The van der Waals surface area contributed by atoms with E-state index in [1.807, 2.05) is 12.1 Å². The lowest BCUT2D eigenvalue weighted by Gasteiger charge is -2.28. The number of nitrogens with one attached hydrogen (secondary N) is 1. The molecule has 0 bridgehead atoms. The van der Waals surface area contributed by atoms with E-state index in [0.29, 0.717) is 11.6 Å². The molecule has 2 heterocycles. The lowest BCUT2D eigenvalue weighted by molar-refractivity contribution is 0.0515. The fourth-order valence-electron chi connectivity index (χ4n) is 3.47. The van der Waals surface area contributed by atoms with Gasteiger partial charge in [0, 0.05) is 23.7 Å². The number of rotatable bonds is 6. The first-order valence-electron chi connectivity index (χ1n) is 9.96. The van der Waals surface area contributed by atoms with Crippen LogP contribution in [0.25, 0.3) is 11.1 Å². The van der Waals surface area contributed by atoms with Crippen LogP contribution in [0.3, 0.4) is 0 Å². The summed E-state index contributed by atoms with van der Waals surface area (Å²) in [7, 11) is 0. The fourth-order valence-corrected chi connectivity index (χ4v) is 4.28. The molecule has 0 unspecified atom stereocenters. The van der Waals surface area contributed by atoms with Gasteiger partial charge in [-0.2, -0.15) is 5.21 Å². The monoisotopic (exact) mass is 408 g/mol. The Morgan fingerprint density at radius 3 is 2.31 bits per heavy atom. The smallest absolute Gasteiger partial charge is 0.361 e. The minimum absolute atomic E-state index is 0.217. The zero-order valence-corrected chi connectivity index (χ0v) is 17.2. The fraction of sp³-hybridized carbons (Fsp3) is 0.318. The van der Waals surface area contributed by atoms with Gasteiger partial charge in [-0.3, -0.25) is 0 Å². The van der Waals surface area contributed by atoms with E-state index in [1.165, 1.54) is 42.3 Å². The summed E-state index contributed by atoms with van der Waals surface area (Å²) in [5, 5.41) is 11.0. The highest BCUT2D eigenvalue weighted by Gasteiger charge is 2.18. The first-order chi connectivity index (χ1) is 14.2. The number of hydrogen-bond donors (Lipinski definition) is 1. The molecule has 0 radical (unpaired) electrons. The number of H-pyrrole nitrogens is 1. The molecule has 1 aromatic heterocycles. The number of aromatic amines is 1. The number of carbonyl (C=O) groups excluding carboxylic acids is 1. The maximum Gasteiger partial charge on any atom is 0.361 e. The number of aromatic nitrogens is 3. The molecule has 0 amide bonds. The van der Waals surface area contributed by atoms with Crippen molar-refractivity contribution in [3.05, 3.63) is 54.2 Å². The second-order valence-corrected chi connectivity index (χ2v) is 7.98. The normalized spacial score (nSPS) is 14.0. The molecule has 1 N–H and O–H groups in total. The van der Waals surface area contributed by atoms with Crippen LogP contribution in [0, 0.1) is 0 Å². The standard InChI is InChI=1S/C22H24N4O2S/c1-2-28-22(27)20-21(24-25-23-20)29-19-12-8-17(9-13-19)16-6-10-18(11-7-16)26-14-4-3-5-15-26/h6-13H,2-5,14-15H2,1H3,(H,23,24,25). The van der Waals surface area contributed by atoms with Gasteiger partial charge >= 0.3 is 5.97 Å². The van der Waals surface area contributed by atoms with Gasteiger partial charge in [0.05, 0.1) is 6.61 Å². The van der Waals surface area contributed by atoms with Gasteiger partial charge in [-0.25, -0.2) is 4.79 Å². The zero-order valence-electron chi connectivity index (χ0n) is 16.4. The minimum atomic E-state index is -0.464. The van der Waals surface area contributed by atoms with Crippen molar-refractivity contribution in [3.8, 4) is 11.1 Å². The van der Waals surface area contributed by atoms with Crippen molar-refractivity contribution < 1.29 is 9.53 Å². The molecule has 1 saturated heterocycles. The summed E-state index contributed by atoms with van der Waals surface area (Å²) in [6.45, 7) is 4.38. The lowest BCUT2D eigenvalue weighted by atomic mass is 10.0. The van der Waals surface area contributed by atoms with Crippen LogP contribution in [0.4, 0.5) is 5.69 Å². The SMILES string of the molecule is CCOC(=O)c1n[nH]nc1Sc1ccc(-c2ccc(N3CCCCC3)cc2)cc1. The van der Waals surface area contributed by atoms with Gasteiger partial charge in [0.15, 0.2) is 5.03 Å². The number of carbonyl (C=O) groups is 1. The van der Waals surface area contributed by atoms with Crippen molar-refractivity contribution in [1.82, 2.24) is 15.4 Å². The molecule has 0 saturated carbocycles. The van der Waals surface area contributed by atoms with Crippen LogP contribution < -0.4 is 4.90 Å². The van der Waals surface area contributed by atoms with Crippen LogP contribution in [-0.2, 0) is 4.74 Å². The summed E-state index contributed by atoms with van der Waals surface area (Å²) in [5.41, 5.74) is 3.87. The molecule has 0 spiro atoms. The van der Waals surface area contributed by atoms with Crippen LogP contribution in [0.5, 0.6) is 0 Å². The van der Waals surface area contributed by atoms with Gasteiger partial charge in [-0.05, 0) is 61.6 Å². The van der Waals surface area contributed by atoms with Crippen molar-refractivity contribution in [3.63, 3.8) is 0 Å². The maximum absolute atomic E-state index is 11.9. The average molecular weight is 409 g/mol. The van der Waals surface area contributed by atoms with E-state index >= 15 is 0 Å². The molecule has 2 aromatic carbocycles. The molecule has 0 atom stereocenters. The van der Waals surface area contributed by atoms with E-state index < -0.39 is 5.97 Å². The molecule has 0 aliphatic carbocycles. The van der Waals surface area contributed by atoms with Gasteiger partial charge in [0.1, 0.15) is 0 Å². The molecule has 7 heteroatoms. The summed E-state index contributed by atoms with van der Waals surface area (Å²) in [6, 6.07) is 17.0. The van der Waals surface area contributed by atoms with Crippen LogP contribution in [0.1, 0.15) is 36.7 Å². The Kier molecular flexibility index (Phi) is 6.14. The number of nitrogens with zero attached hydrogens (tertiary/aromatic N) is 3. The summed E-state index contributed by atoms with van der Waals surface area (Å²) < 4.78 is 5.02. The number of anilines is 1. The number of ether oxygens (including phenoxy) is 1. The number of hydrogen-bond acceptors (Lipinski definition) is 6. The molecule has 150 valence electrons. The van der Waals surface area contributed by atoms with E-state index in [0.717, 1.165) is 23.5 Å². The second kappa shape index (κ2) is 9.13. The first kappa shape index (κ1) is 19.5.